The number of aromatic nitrogens is 2. The molecule has 3 rings (SSSR count). The quantitative estimate of drug-likeness (QED) is 0.269. The van der Waals surface area contributed by atoms with Crippen molar-refractivity contribution >= 4 is 39.1 Å². The minimum atomic E-state index is -0.351. The zero-order valence-electron chi connectivity index (χ0n) is 15.0. The lowest BCUT2D eigenvalue weighted by Gasteiger charge is -2.15. The number of carbonyl (C=O) groups excluding carboxylic acids is 1. The summed E-state index contributed by atoms with van der Waals surface area (Å²) in [6.45, 7) is 9.86. The minimum absolute atomic E-state index is 0.0434. The molecule has 0 radical (unpaired) electrons. The molecule has 0 unspecified atom stereocenters. The normalized spacial score (nSPS) is 12.3. The standard InChI is InChI=1S/C20H20N2O2S2/c1-5-9-22-19(24)15-8-10-25-18(15)21-20(22)26-14(4)17(23)16-11-12(2)6-7-13(16)3/h5-8,10-11,14H,1,9H2,2-4H3/t14-/m0/s1. The number of benzene rings is 1. The molecule has 0 spiro atoms. The van der Waals surface area contributed by atoms with Crippen LogP contribution in [0, 0.1) is 13.8 Å². The molecule has 0 aliphatic rings. The molecule has 3 aromatic rings. The van der Waals surface area contributed by atoms with E-state index in [0.29, 0.717) is 21.9 Å². The maximum atomic E-state index is 12.9. The molecule has 0 aliphatic carbocycles. The first-order chi connectivity index (χ1) is 12.4. The van der Waals surface area contributed by atoms with Gasteiger partial charge in [-0.05, 0) is 43.8 Å². The molecule has 2 aromatic heterocycles. The van der Waals surface area contributed by atoms with E-state index in [9.17, 15) is 9.59 Å². The Morgan fingerprint density at radius 2 is 2.15 bits per heavy atom. The molecule has 2 heterocycles. The summed E-state index contributed by atoms with van der Waals surface area (Å²) in [7, 11) is 0. The number of thiophene rings is 1. The largest absolute Gasteiger partial charge is 0.293 e. The van der Waals surface area contributed by atoms with Gasteiger partial charge in [-0.25, -0.2) is 4.98 Å². The summed E-state index contributed by atoms with van der Waals surface area (Å²) in [4.78, 5) is 31.0. The molecule has 0 fully saturated rings. The molecule has 6 heteroatoms. The fraction of sp³-hybridized carbons (Fsp3) is 0.250. The maximum Gasteiger partial charge on any atom is 0.263 e. The zero-order chi connectivity index (χ0) is 18.8. The molecule has 134 valence electrons. The summed E-state index contributed by atoms with van der Waals surface area (Å²) < 4.78 is 1.58. The van der Waals surface area contributed by atoms with Crippen molar-refractivity contribution < 1.29 is 4.79 Å². The van der Waals surface area contributed by atoms with Crippen molar-refractivity contribution in [1.82, 2.24) is 9.55 Å². The van der Waals surface area contributed by atoms with Gasteiger partial charge in [0.25, 0.3) is 5.56 Å². The van der Waals surface area contributed by atoms with Gasteiger partial charge in [-0.2, -0.15) is 0 Å². The lowest BCUT2D eigenvalue weighted by Crippen LogP contribution is -2.24. The monoisotopic (exact) mass is 384 g/mol. The van der Waals surface area contributed by atoms with Gasteiger partial charge in [0.05, 0.1) is 10.6 Å². The number of nitrogens with zero attached hydrogens (tertiary/aromatic N) is 2. The third kappa shape index (κ3) is 3.52. The van der Waals surface area contributed by atoms with Crippen LogP contribution in [0.25, 0.3) is 10.2 Å². The fourth-order valence-corrected chi connectivity index (χ4v) is 4.53. The highest BCUT2D eigenvalue weighted by molar-refractivity contribution is 8.00. The number of ketones is 1. The molecule has 1 atom stereocenters. The van der Waals surface area contributed by atoms with E-state index in [2.05, 4.69) is 11.6 Å². The van der Waals surface area contributed by atoms with Crippen LogP contribution in [0.3, 0.4) is 0 Å². The fourth-order valence-electron chi connectivity index (χ4n) is 2.74. The lowest BCUT2D eigenvalue weighted by atomic mass is 10.0. The van der Waals surface area contributed by atoms with Crippen LogP contribution in [0.15, 0.2) is 52.3 Å². The first-order valence-corrected chi connectivity index (χ1v) is 10.1. The number of aryl methyl sites for hydroxylation is 2. The number of Topliss-reactive ketones (excluding diaryl/α,β-unsaturated/α-hetero) is 1. The van der Waals surface area contributed by atoms with E-state index >= 15 is 0 Å². The molecular weight excluding hydrogens is 364 g/mol. The smallest absolute Gasteiger partial charge is 0.263 e. The Balaban J connectivity index is 1.98. The van der Waals surface area contributed by atoms with Crippen LogP contribution in [0.2, 0.25) is 0 Å². The van der Waals surface area contributed by atoms with Gasteiger partial charge >= 0.3 is 0 Å². The molecule has 0 saturated carbocycles. The lowest BCUT2D eigenvalue weighted by molar-refractivity contribution is 0.0993. The second kappa shape index (κ2) is 7.60. The Morgan fingerprint density at radius 1 is 1.38 bits per heavy atom. The van der Waals surface area contributed by atoms with Crippen molar-refractivity contribution in [3.05, 3.63) is 69.3 Å². The van der Waals surface area contributed by atoms with E-state index in [1.807, 2.05) is 44.4 Å². The Hall–Kier alpha value is -2.18. The summed E-state index contributed by atoms with van der Waals surface area (Å²) in [6.07, 6.45) is 1.67. The summed E-state index contributed by atoms with van der Waals surface area (Å²) in [5.41, 5.74) is 2.64. The predicted octanol–water partition coefficient (Wildman–Crippen LogP) is 4.62. The van der Waals surface area contributed by atoms with Gasteiger partial charge in [0.15, 0.2) is 10.9 Å². The summed E-state index contributed by atoms with van der Waals surface area (Å²) in [6, 6.07) is 7.66. The molecule has 0 aliphatic heterocycles. The summed E-state index contributed by atoms with van der Waals surface area (Å²) in [5, 5.41) is 2.66. The topological polar surface area (TPSA) is 52.0 Å². The third-order valence-corrected chi connectivity index (χ3v) is 6.07. The van der Waals surface area contributed by atoms with Crippen molar-refractivity contribution in [1.29, 1.82) is 0 Å². The molecule has 0 N–H and O–H groups in total. The second-order valence-electron chi connectivity index (χ2n) is 6.18. The summed E-state index contributed by atoms with van der Waals surface area (Å²) in [5.74, 6) is 0.0434. The predicted molar refractivity (Wildman–Crippen MR) is 110 cm³/mol. The Morgan fingerprint density at radius 3 is 2.88 bits per heavy atom. The average molecular weight is 385 g/mol. The van der Waals surface area contributed by atoms with Crippen molar-refractivity contribution in [2.75, 3.05) is 0 Å². The van der Waals surface area contributed by atoms with Crippen molar-refractivity contribution in [2.24, 2.45) is 0 Å². The van der Waals surface area contributed by atoms with Gasteiger partial charge in [-0.3, -0.25) is 14.2 Å². The second-order valence-corrected chi connectivity index (χ2v) is 8.38. The number of rotatable bonds is 6. The van der Waals surface area contributed by atoms with Crippen LogP contribution in [-0.4, -0.2) is 20.6 Å². The van der Waals surface area contributed by atoms with Crippen LogP contribution >= 0.6 is 23.1 Å². The molecule has 0 amide bonds. The Bertz CT molecular complexity index is 1050. The van der Waals surface area contributed by atoms with Crippen LogP contribution in [0.5, 0.6) is 0 Å². The highest BCUT2D eigenvalue weighted by Crippen LogP contribution is 2.27. The van der Waals surface area contributed by atoms with Crippen molar-refractivity contribution in [2.45, 2.75) is 37.7 Å². The van der Waals surface area contributed by atoms with Gasteiger partial charge in [0, 0.05) is 12.1 Å². The number of allylic oxidation sites excluding steroid dienone is 1. The van der Waals surface area contributed by atoms with E-state index in [0.717, 1.165) is 16.7 Å². The first kappa shape index (κ1) is 18.6. The van der Waals surface area contributed by atoms with Crippen molar-refractivity contribution in [3.63, 3.8) is 0 Å². The Kier molecular flexibility index (Phi) is 5.44. The van der Waals surface area contributed by atoms with E-state index in [4.69, 9.17) is 0 Å². The van der Waals surface area contributed by atoms with Gasteiger partial charge < -0.3 is 0 Å². The van der Waals surface area contributed by atoms with Gasteiger partial charge in [0.1, 0.15) is 4.83 Å². The van der Waals surface area contributed by atoms with Crippen LogP contribution < -0.4 is 5.56 Å². The SMILES string of the molecule is C=CCn1c(S[C@@H](C)C(=O)c2cc(C)ccc2C)nc2sccc2c1=O. The number of fused-ring (bicyclic) bond motifs is 1. The van der Waals surface area contributed by atoms with Gasteiger partial charge in [-0.15, -0.1) is 17.9 Å². The average Bonchev–Trinajstić information content (AvgIpc) is 3.08. The Labute approximate surface area is 160 Å². The minimum Gasteiger partial charge on any atom is -0.293 e. The third-order valence-electron chi connectivity index (χ3n) is 4.17. The first-order valence-electron chi connectivity index (χ1n) is 8.29. The van der Waals surface area contributed by atoms with E-state index in [1.54, 1.807) is 16.7 Å². The molecular formula is C20H20N2O2S2. The number of hydrogen-bond donors (Lipinski definition) is 0. The summed E-state index contributed by atoms with van der Waals surface area (Å²) >= 11 is 2.75. The van der Waals surface area contributed by atoms with E-state index < -0.39 is 0 Å². The molecule has 0 bridgehead atoms. The van der Waals surface area contributed by atoms with E-state index in [-0.39, 0.29) is 16.6 Å². The highest BCUT2D eigenvalue weighted by Gasteiger charge is 2.22. The molecule has 0 saturated heterocycles. The zero-order valence-corrected chi connectivity index (χ0v) is 16.6. The van der Waals surface area contributed by atoms with Gasteiger partial charge in [-0.1, -0.05) is 35.5 Å². The maximum absolute atomic E-state index is 12.9. The van der Waals surface area contributed by atoms with Crippen LogP contribution in [-0.2, 0) is 6.54 Å². The van der Waals surface area contributed by atoms with Gasteiger partial charge in [0.2, 0.25) is 0 Å². The number of hydrogen-bond acceptors (Lipinski definition) is 5. The van der Waals surface area contributed by atoms with E-state index in [1.165, 1.54) is 23.1 Å². The molecule has 4 nitrogen and oxygen atoms in total. The van der Waals surface area contributed by atoms with Crippen molar-refractivity contribution in [3.8, 4) is 0 Å². The molecule has 1 aromatic carbocycles. The number of thioether (sulfide) groups is 1. The molecule has 26 heavy (non-hydrogen) atoms. The highest BCUT2D eigenvalue weighted by atomic mass is 32.2. The van der Waals surface area contributed by atoms with Crippen LogP contribution in [0.4, 0.5) is 0 Å². The number of carbonyl (C=O) groups is 1. The van der Waals surface area contributed by atoms with Crippen LogP contribution in [0.1, 0.15) is 28.4 Å².